The van der Waals surface area contributed by atoms with Gasteiger partial charge in [-0.15, -0.1) is 0 Å². The van der Waals surface area contributed by atoms with Gasteiger partial charge in [0.15, 0.2) is 38.6 Å². The fourth-order valence-corrected chi connectivity index (χ4v) is 7.29. The van der Waals surface area contributed by atoms with Crippen molar-refractivity contribution in [2.45, 2.75) is 95.9 Å². The zero-order valence-electron chi connectivity index (χ0n) is 30.9. The molecule has 0 saturated carbocycles. The van der Waals surface area contributed by atoms with Gasteiger partial charge in [-0.2, -0.15) is 8.78 Å². The third-order valence-corrected chi connectivity index (χ3v) is 12.0. The van der Waals surface area contributed by atoms with Gasteiger partial charge in [0.2, 0.25) is 5.88 Å². The van der Waals surface area contributed by atoms with E-state index in [1.165, 1.54) is 45.9 Å². The van der Waals surface area contributed by atoms with Crippen LogP contribution >= 0.6 is 0 Å². The minimum atomic E-state index is -3.72. The minimum absolute atomic E-state index is 0.0104. The standard InChI is InChI=1S/2C18H21F3N2O3S/c1-5-27(24,25)15-8-11(2)6-7-14(15)16-12(3)17(23-10-22-16)26-9-18(20,21)13(4)19;1-5-27(25,26)15-8-11(2)6-7-14(15)16-12(3)17(24)23(10-22-16)9-18(20,21)13(4)19/h2*6-8,10,13H,5,9H2,1-4H3. The number of halogens is 6. The number of hydrogen-bond acceptors (Lipinski definition) is 9. The molecule has 0 bridgehead atoms. The molecule has 0 fully saturated rings. The molecule has 0 aliphatic rings. The van der Waals surface area contributed by atoms with Crippen LogP contribution in [0.25, 0.3) is 22.5 Å². The van der Waals surface area contributed by atoms with Crippen molar-refractivity contribution in [1.82, 2.24) is 19.5 Å². The highest BCUT2D eigenvalue weighted by molar-refractivity contribution is 7.91. The SMILES string of the molecule is CCS(=O)(=O)c1cc(C)ccc1-c1ncn(CC(F)(F)C(C)F)c(=O)c1C.CCS(=O)(=O)c1cc(C)ccc1-c1ncnc(OCC(F)(F)C(C)F)c1C. The number of aryl methyl sites for hydroxylation is 2. The Morgan fingerprint density at radius 3 is 1.63 bits per heavy atom. The third kappa shape index (κ3) is 10.0. The lowest BCUT2D eigenvalue weighted by Gasteiger charge is -2.19. The van der Waals surface area contributed by atoms with Crippen molar-refractivity contribution in [3.8, 4) is 28.4 Å². The van der Waals surface area contributed by atoms with Gasteiger partial charge < -0.3 is 4.74 Å². The number of aromatic nitrogens is 4. The molecule has 0 radical (unpaired) electrons. The molecule has 18 heteroatoms. The summed E-state index contributed by atoms with van der Waals surface area (Å²) in [5, 5.41) is 0. The number of nitrogens with zero attached hydrogens (tertiary/aromatic N) is 4. The molecule has 2 unspecified atom stereocenters. The summed E-state index contributed by atoms with van der Waals surface area (Å²) >= 11 is 0. The molecular formula is C36H42F6N4O6S2. The van der Waals surface area contributed by atoms with E-state index in [1.807, 2.05) is 0 Å². The molecule has 2 atom stereocenters. The fourth-order valence-electron chi connectivity index (χ4n) is 4.94. The van der Waals surface area contributed by atoms with Crippen LogP contribution in [0.2, 0.25) is 0 Å². The first kappa shape index (κ1) is 44.1. The Labute approximate surface area is 310 Å². The number of hydrogen-bond donors (Lipinski definition) is 0. The van der Waals surface area contributed by atoms with E-state index in [-0.39, 0.29) is 55.3 Å². The zero-order valence-corrected chi connectivity index (χ0v) is 32.6. The van der Waals surface area contributed by atoms with E-state index in [1.54, 1.807) is 32.0 Å². The monoisotopic (exact) mass is 804 g/mol. The van der Waals surface area contributed by atoms with E-state index in [0.717, 1.165) is 25.1 Å². The molecule has 2 aromatic heterocycles. The summed E-state index contributed by atoms with van der Waals surface area (Å²) < 4.78 is 136. The van der Waals surface area contributed by atoms with Gasteiger partial charge in [0.1, 0.15) is 6.33 Å². The number of alkyl halides is 6. The molecule has 0 amide bonds. The van der Waals surface area contributed by atoms with Crippen molar-refractivity contribution in [2.75, 3.05) is 18.1 Å². The molecule has 0 N–H and O–H groups in total. The first-order chi connectivity index (χ1) is 24.9. The number of ether oxygens (including phenoxy) is 1. The van der Waals surface area contributed by atoms with E-state index >= 15 is 0 Å². The highest BCUT2D eigenvalue weighted by Gasteiger charge is 2.39. The van der Waals surface area contributed by atoms with Crippen LogP contribution in [0.4, 0.5) is 26.3 Å². The Morgan fingerprint density at radius 2 is 1.19 bits per heavy atom. The normalized spacial score (nSPS) is 13.5. The molecular weight excluding hydrogens is 763 g/mol. The molecule has 0 aliphatic heterocycles. The van der Waals surface area contributed by atoms with Crippen LogP contribution in [0.15, 0.2) is 63.6 Å². The predicted molar refractivity (Wildman–Crippen MR) is 192 cm³/mol. The zero-order chi connectivity index (χ0) is 41.0. The molecule has 296 valence electrons. The summed E-state index contributed by atoms with van der Waals surface area (Å²) in [4.78, 5) is 24.6. The van der Waals surface area contributed by atoms with E-state index in [9.17, 15) is 48.0 Å². The third-order valence-electron chi connectivity index (χ3n) is 8.46. The molecule has 10 nitrogen and oxygen atoms in total. The largest absolute Gasteiger partial charge is 0.471 e. The van der Waals surface area contributed by atoms with Gasteiger partial charge in [0.25, 0.3) is 11.5 Å². The first-order valence-electron chi connectivity index (χ1n) is 16.6. The first-order valence-corrected chi connectivity index (χ1v) is 19.9. The lowest BCUT2D eigenvalue weighted by atomic mass is 10.1. The molecule has 0 aliphatic carbocycles. The lowest BCUT2D eigenvalue weighted by Crippen LogP contribution is -2.37. The highest BCUT2D eigenvalue weighted by Crippen LogP contribution is 2.34. The van der Waals surface area contributed by atoms with Gasteiger partial charge in [-0.25, -0.2) is 49.3 Å². The van der Waals surface area contributed by atoms with Crippen LogP contribution in [0.1, 0.15) is 49.9 Å². The highest BCUT2D eigenvalue weighted by atomic mass is 32.2. The number of sulfone groups is 2. The number of benzene rings is 2. The minimum Gasteiger partial charge on any atom is -0.471 e. The summed E-state index contributed by atoms with van der Waals surface area (Å²) in [7, 11) is -7.14. The summed E-state index contributed by atoms with van der Waals surface area (Å²) in [5.74, 6) is -7.78. The van der Waals surface area contributed by atoms with Crippen LogP contribution in [-0.2, 0) is 26.2 Å². The smallest absolute Gasteiger partial charge is 0.311 e. The van der Waals surface area contributed by atoms with Gasteiger partial charge in [-0.05, 0) is 64.8 Å². The summed E-state index contributed by atoms with van der Waals surface area (Å²) in [6.45, 7) is 8.56. The average molecular weight is 805 g/mol. The van der Waals surface area contributed by atoms with Crippen LogP contribution in [0.5, 0.6) is 5.88 Å². The Bertz CT molecular complexity index is 2260. The molecule has 4 rings (SSSR count). The maximum atomic E-state index is 13.6. The van der Waals surface area contributed by atoms with Gasteiger partial charge in [0, 0.05) is 22.3 Å². The second-order valence-electron chi connectivity index (χ2n) is 12.7. The van der Waals surface area contributed by atoms with Gasteiger partial charge in [-0.1, -0.05) is 38.1 Å². The number of rotatable bonds is 13. The van der Waals surface area contributed by atoms with E-state index in [0.29, 0.717) is 22.6 Å². The van der Waals surface area contributed by atoms with Gasteiger partial charge in [0.05, 0.1) is 45.6 Å². The molecule has 2 heterocycles. The Hall–Kier alpha value is -4.32. The van der Waals surface area contributed by atoms with Crippen molar-refractivity contribution >= 4 is 19.7 Å². The van der Waals surface area contributed by atoms with E-state index in [4.69, 9.17) is 4.74 Å². The van der Waals surface area contributed by atoms with Crippen molar-refractivity contribution in [3.05, 3.63) is 81.7 Å². The predicted octanol–water partition coefficient (Wildman–Crippen LogP) is 7.24. The molecule has 2 aromatic carbocycles. The Kier molecular flexibility index (Phi) is 13.9. The second-order valence-corrected chi connectivity index (χ2v) is 17.1. The Balaban J connectivity index is 0.000000290. The molecule has 54 heavy (non-hydrogen) atoms. The van der Waals surface area contributed by atoms with E-state index < -0.39 is 62.6 Å². The fraction of sp³-hybridized carbons (Fsp3) is 0.444. The molecule has 4 aromatic rings. The van der Waals surface area contributed by atoms with Crippen LogP contribution < -0.4 is 10.3 Å². The van der Waals surface area contributed by atoms with Gasteiger partial charge in [-0.3, -0.25) is 9.36 Å². The molecule has 0 saturated heterocycles. The summed E-state index contributed by atoms with van der Waals surface area (Å²) in [5.41, 5.74) is 1.91. The Morgan fingerprint density at radius 1 is 0.722 bits per heavy atom. The summed E-state index contributed by atoms with van der Waals surface area (Å²) in [6, 6.07) is 9.57. The van der Waals surface area contributed by atoms with Crippen LogP contribution in [0, 0.1) is 27.7 Å². The van der Waals surface area contributed by atoms with Crippen molar-refractivity contribution in [1.29, 1.82) is 0 Å². The van der Waals surface area contributed by atoms with Crippen molar-refractivity contribution in [3.63, 3.8) is 0 Å². The molecule has 0 spiro atoms. The second kappa shape index (κ2) is 17.0. The van der Waals surface area contributed by atoms with Crippen LogP contribution in [-0.4, -0.2) is 78.7 Å². The van der Waals surface area contributed by atoms with Gasteiger partial charge >= 0.3 is 5.92 Å². The lowest BCUT2D eigenvalue weighted by molar-refractivity contribution is -0.0950. The maximum absolute atomic E-state index is 13.6. The van der Waals surface area contributed by atoms with Crippen LogP contribution in [0.3, 0.4) is 0 Å². The van der Waals surface area contributed by atoms with Crippen molar-refractivity contribution < 1.29 is 47.9 Å². The van der Waals surface area contributed by atoms with Crippen molar-refractivity contribution in [2.24, 2.45) is 0 Å². The van der Waals surface area contributed by atoms with E-state index in [2.05, 4.69) is 15.0 Å². The average Bonchev–Trinajstić information content (AvgIpc) is 3.10. The summed E-state index contributed by atoms with van der Waals surface area (Å²) in [6.07, 6.45) is -2.82. The topological polar surface area (TPSA) is 138 Å². The maximum Gasteiger partial charge on any atom is 0.311 e. The quantitative estimate of drug-likeness (QED) is 0.128.